The minimum Gasteiger partial charge on any atom is -0.318 e. The zero-order valence-electron chi connectivity index (χ0n) is 14.9. The van der Waals surface area contributed by atoms with Crippen LogP contribution in [0.2, 0.25) is 0 Å². The maximum Gasteiger partial charge on any atom is 0.255 e. The Morgan fingerprint density at radius 3 is 2.52 bits per heavy atom. The summed E-state index contributed by atoms with van der Waals surface area (Å²) in [6, 6.07) is 19.8. The number of anilines is 1. The number of hydrogen-bond acceptors (Lipinski definition) is 3. The summed E-state index contributed by atoms with van der Waals surface area (Å²) in [6.45, 7) is 2.29. The molecule has 27 heavy (non-hydrogen) atoms. The highest BCUT2D eigenvalue weighted by Gasteiger charge is 2.37. The molecule has 5 nitrogen and oxygen atoms in total. The van der Waals surface area contributed by atoms with Crippen LogP contribution in [0.5, 0.6) is 0 Å². The highest BCUT2D eigenvalue weighted by molar-refractivity contribution is 6.03. The summed E-state index contributed by atoms with van der Waals surface area (Å²) in [5.74, 6) is 0.101. The molecule has 0 bridgehead atoms. The number of pyridine rings is 1. The van der Waals surface area contributed by atoms with Crippen molar-refractivity contribution in [2.75, 3.05) is 5.32 Å². The van der Waals surface area contributed by atoms with Crippen LogP contribution in [0.3, 0.4) is 0 Å². The Kier molecular flexibility index (Phi) is 4.42. The Labute approximate surface area is 157 Å². The molecule has 2 amide bonds. The van der Waals surface area contributed by atoms with Crippen LogP contribution >= 0.6 is 0 Å². The van der Waals surface area contributed by atoms with Crippen LogP contribution in [0, 0.1) is 6.92 Å². The van der Waals surface area contributed by atoms with Gasteiger partial charge in [0, 0.05) is 18.3 Å². The van der Waals surface area contributed by atoms with Gasteiger partial charge in [-0.2, -0.15) is 0 Å². The largest absolute Gasteiger partial charge is 0.318 e. The minimum atomic E-state index is -0.729. The molecule has 4 rings (SSSR count). The Bertz CT molecular complexity index is 1000. The number of nitrogens with one attached hydrogen (secondary N) is 1. The van der Waals surface area contributed by atoms with Gasteiger partial charge in [0.25, 0.3) is 11.8 Å². The molecule has 0 aliphatic carbocycles. The fraction of sp³-hybridized carbons (Fsp3) is 0.136. The zero-order valence-corrected chi connectivity index (χ0v) is 14.9. The standard InChI is InChI=1S/C22H19N3O2/c1-15-8-7-13-23-20(15)24-21(26)19(16-9-3-2-4-10-16)25-14-17-11-5-6-12-18(17)22(25)27/h2-13,19H,14H2,1H3,(H,23,24,26). The molecular formula is C22H19N3O2. The molecule has 0 saturated heterocycles. The average Bonchev–Trinajstić information content (AvgIpc) is 3.01. The first kappa shape index (κ1) is 17.0. The molecule has 2 heterocycles. The lowest BCUT2D eigenvalue weighted by Gasteiger charge is -2.27. The van der Waals surface area contributed by atoms with Crippen LogP contribution in [0.25, 0.3) is 0 Å². The third-order valence-corrected chi connectivity index (χ3v) is 4.78. The Morgan fingerprint density at radius 1 is 1.04 bits per heavy atom. The predicted octanol–water partition coefficient (Wildman–Crippen LogP) is 3.73. The van der Waals surface area contributed by atoms with Crippen molar-refractivity contribution in [3.63, 3.8) is 0 Å². The van der Waals surface area contributed by atoms with Gasteiger partial charge < -0.3 is 10.2 Å². The van der Waals surface area contributed by atoms with Crippen LogP contribution in [-0.2, 0) is 11.3 Å². The average molecular weight is 357 g/mol. The number of amides is 2. The normalized spacial score (nSPS) is 14.0. The van der Waals surface area contributed by atoms with E-state index in [-0.39, 0.29) is 11.8 Å². The number of carbonyl (C=O) groups excluding carboxylic acids is 2. The second kappa shape index (κ2) is 7.03. The van der Waals surface area contributed by atoms with Gasteiger partial charge in [-0.1, -0.05) is 54.6 Å². The molecule has 134 valence electrons. The Hall–Kier alpha value is -3.47. The van der Waals surface area contributed by atoms with Crippen molar-refractivity contribution < 1.29 is 9.59 Å². The molecule has 1 aliphatic rings. The fourth-order valence-electron chi connectivity index (χ4n) is 3.40. The lowest BCUT2D eigenvalue weighted by Crippen LogP contribution is -2.37. The number of carbonyl (C=O) groups is 2. The number of aromatic nitrogens is 1. The van der Waals surface area contributed by atoms with E-state index in [0.717, 1.165) is 16.7 Å². The number of fused-ring (bicyclic) bond motifs is 1. The SMILES string of the molecule is Cc1cccnc1NC(=O)C(c1ccccc1)N1Cc2ccccc2C1=O. The lowest BCUT2D eigenvalue weighted by atomic mass is 10.0. The topological polar surface area (TPSA) is 62.3 Å². The molecule has 1 atom stereocenters. The summed E-state index contributed by atoms with van der Waals surface area (Å²) in [5.41, 5.74) is 3.23. The highest BCUT2D eigenvalue weighted by atomic mass is 16.2. The van der Waals surface area contributed by atoms with Crippen LogP contribution in [0.15, 0.2) is 72.9 Å². The van der Waals surface area contributed by atoms with Crippen molar-refractivity contribution >= 4 is 17.6 Å². The van der Waals surface area contributed by atoms with Crippen LogP contribution in [-0.4, -0.2) is 21.7 Å². The number of benzene rings is 2. The van der Waals surface area contributed by atoms with Crippen LogP contribution in [0.4, 0.5) is 5.82 Å². The van der Waals surface area contributed by atoms with Gasteiger partial charge in [-0.3, -0.25) is 9.59 Å². The zero-order chi connectivity index (χ0) is 18.8. The molecule has 1 aliphatic heterocycles. The molecule has 1 N–H and O–H groups in total. The minimum absolute atomic E-state index is 0.132. The summed E-state index contributed by atoms with van der Waals surface area (Å²) in [4.78, 5) is 32.0. The van der Waals surface area contributed by atoms with E-state index < -0.39 is 6.04 Å². The molecule has 1 unspecified atom stereocenters. The van der Waals surface area contributed by atoms with Gasteiger partial charge in [-0.05, 0) is 35.7 Å². The first-order valence-corrected chi connectivity index (χ1v) is 8.81. The molecule has 0 spiro atoms. The van der Waals surface area contributed by atoms with E-state index in [0.29, 0.717) is 17.9 Å². The van der Waals surface area contributed by atoms with E-state index in [9.17, 15) is 9.59 Å². The summed E-state index contributed by atoms with van der Waals surface area (Å²) in [5, 5.41) is 2.89. The van der Waals surface area contributed by atoms with Gasteiger partial charge >= 0.3 is 0 Å². The number of nitrogens with zero attached hydrogens (tertiary/aromatic N) is 2. The van der Waals surface area contributed by atoms with Crippen molar-refractivity contribution in [3.8, 4) is 0 Å². The monoisotopic (exact) mass is 357 g/mol. The Balaban J connectivity index is 1.70. The van der Waals surface area contributed by atoms with E-state index in [1.165, 1.54) is 0 Å². The quantitative estimate of drug-likeness (QED) is 0.774. The summed E-state index contributed by atoms with van der Waals surface area (Å²) in [6.07, 6.45) is 1.64. The van der Waals surface area contributed by atoms with Crippen LogP contribution < -0.4 is 5.32 Å². The predicted molar refractivity (Wildman–Crippen MR) is 103 cm³/mol. The van der Waals surface area contributed by atoms with Crippen molar-refractivity contribution in [3.05, 3.63) is 95.2 Å². The van der Waals surface area contributed by atoms with E-state index in [2.05, 4.69) is 10.3 Å². The van der Waals surface area contributed by atoms with Gasteiger partial charge in [-0.25, -0.2) is 4.98 Å². The summed E-state index contributed by atoms with van der Waals surface area (Å²) >= 11 is 0. The van der Waals surface area contributed by atoms with E-state index in [1.54, 1.807) is 17.2 Å². The smallest absolute Gasteiger partial charge is 0.255 e. The van der Waals surface area contributed by atoms with Crippen molar-refractivity contribution in [1.82, 2.24) is 9.88 Å². The third kappa shape index (κ3) is 3.19. The van der Waals surface area contributed by atoms with Gasteiger partial charge in [0.2, 0.25) is 0 Å². The molecular weight excluding hydrogens is 338 g/mol. The number of aryl methyl sites for hydroxylation is 1. The maximum atomic E-state index is 13.2. The van der Waals surface area contributed by atoms with Crippen molar-refractivity contribution in [1.29, 1.82) is 0 Å². The Morgan fingerprint density at radius 2 is 1.78 bits per heavy atom. The van der Waals surface area contributed by atoms with Crippen LogP contribution in [0.1, 0.15) is 33.1 Å². The van der Waals surface area contributed by atoms with Crippen molar-refractivity contribution in [2.45, 2.75) is 19.5 Å². The van der Waals surface area contributed by atoms with Gasteiger partial charge in [0.1, 0.15) is 11.9 Å². The van der Waals surface area contributed by atoms with E-state index in [4.69, 9.17) is 0 Å². The second-order valence-corrected chi connectivity index (χ2v) is 6.56. The highest BCUT2D eigenvalue weighted by Crippen LogP contribution is 2.32. The number of hydrogen-bond donors (Lipinski definition) is 1. The lowest BCUT2D eigenvalue weighted by molar-refractivity contribution is -0.120. The molecule has 1 aromatic heterocycles. The molecule has 5 heteroatoms. The van der Waals surface area contributed by atoms with Gasteiger partial charge in [0.15, 0.2) is 0 Å². The maximum absolute atomic E-state index is 13.2. The molecule has 0 radical (unpaired) electrons. The first-order chi connectivity index (χ1) is 13.1. The fourth-order valence-corrected chi connectivity index (χ4v) is 3.40. The van der Waals surface area contributed by atoms with Crippen molar-refractivity contribution in [2.24, 2.45) is 0 Å². The summed E-state index contributed by atoms with van der Waals surface area (Å²) in [7, 11) is 0. The van der Waals surface area contributed by atoms with Gasteiger partial charge in [-0.15, -0.1) is 0 Å². The van der Waals surface area contributed by atoms with E-state index in [1.807, 2.05) is 67.6 Å². The molecule has 0 fully saturated rings. The molecule has 0 saturated carbocycles. The van der Waals surface area contributed by atoms with E-state index >= 15 is 0 Å². The van der Waals surface area contributed by atoms with Gasteiger partial charge in [0.05, 0.1) is 0 Å². The molecule has 3 aromatic rings. The second-order valence-electron chi connectivity index (χ2n) is 6.56. The number of rotatable bonds is 4. The third-order valence-electron chi connectivity index (χ3n) is 4.78. The first-order valence-electron chi connectivity index (χ1n) is 8.81. The summed E-state index contributed by atoms with van der Waals surface area (Å²) < 4.78 is 0. The molecule has 2 aromatic carbocycles.